The zero-order chi connectivity index (χ0) is 17.8. The molecule has 1 saturated carbocycles. The molecule has 134 valence electrons. The first kappa shape index (κ1) is 15.7. The number of carbonyl (C=O) groups is 1. The van der Waals surface area contributed by atoms with Crippen LogP contribution in [0.1, 0.15) is 17.7 Å². The highest BCUT2D eigenvalue weighted by atomic mass is 16.3. The van der Waals surface area contributed by atoms with Gasteiger partial charge in [0.2, 0.25) is 5.89 Å². The summed E-state index contributed by atoms with van der Waals surface area (Å²) < 4.78 is 5.53. The molecule has 2 bridgehead atoms. The van der Waals surface area contributed by atoms with E-state index in [9.17, 15) is 4.79 Å². The summed E-state index contributed by atoms with van der Waals surface area (Å²) in [5.41, 5.74) is 3.62. The van der Waals surface area contributed by atoms with Crippen molar-refractivity contribution in [2.24, 2.45) is 23.7 Å². The number of aromatic nitrogens is 1. The monoisotopic (exact) mass is 349 g/mol. The van der Waals surface area contributed by atoms with E-state index in [4.69, 9.17) is 4.42 Å². The number of nitrogens with zero attached hydrogens (tertiary/aromatic N) is 2. The first-order valence-corrected chi connectivity index (χ1v) is 9.36. The van der Waals surface area contributed by atoms with Gasteiger partial charge in [0.15, 0.2) is 0 Å². The van der Waals surface area contributed by atoms with Crippen molar-refractivity contribution < 1.29 is 9.21 Å². The Balaban J connectivity index is 1.32. The van der Waals surface area contributed by atoms with Gasteiger partial charge >= 0.3 is 6.03 Å². The highest BCUT2D eigenvalue weighted by molar-refractivity contribution is 5.90. The molecule has 5 rings (SSSR count). The molecule has 0 spiro atoms. The zero-order valence-electron chi connectivity index (χ0n) is 15.1. The fraction of sp³-hybridized carbons (Fsp3) is 0.429. The Kier molecular flexibility index (Phi) is 3.45. The Morgan fingerprint density at radius 2 is 1.92 bits per heavy atom. The second-order valence-electron chi connectivity index (χ2n) is 7.93. The Morgan fingerprint density at radius 3 is 2.58 bits per heavy atom. The van der Waals surface area contributed by atoms with Crippen molar-refractivity contribution in [3.8, 4) is 11.5 Å². The standard InChI is InChI=1S/C21H23N3O2/c1-12-3-6-16(8-17(12)20-22-13(2)11-26-20)23-21(25)24-9-18-14-4-5-15(7-14)19(18)10-24/h3-6,8,11,14-15,18-19H,7,9-10H2,1-2H3,(H,23,25)/t14?,15?,18-,19+. The molecular weight excluding hydrogens is 326 g/mol. The summed E-state index contributed by atoms with van der Waals surface area (Å²) in [6.45, 7) is 5.67. The topological polar surface area (TPSA) is 58.4 Å². The summed E-state index contributed by atoms with van der Waals surface area (Å²) in [5, 5.41) is 3.06. The quantitative estimate of drug-likeness (QED) is 0.825. The zero-order valence-corrected chi connectivity index (χ0v) is 15.1. The van der Waals surface area contributed by atoms with Crippen LogP contribution in [-0.4, -0.2) is 29.0 Å². The first-order valence-electron chi connectivity index (χ1n) is 9.36. The summed E-state index contributed by atoms with van der Waals surface area (Å²) in [6.07, 6.45) is 7.66. The van der Waals surface area contributed by atoms with E-state index < -0.39 is 0 Å². The van der Waals surface area contributed by atoms with E-state index >= 15 is 0 Å². The predicted octanol–water partition coefficient (Wildman–Crippen LogP) is 4.24. The van der Waals surface area contributed by atoms with Crippen molar-refractivity contribution in [2.45, 2.75) is 20.3 Å². The molecular formula is C21H23N3O2. The van der Waals surface area contributed by atoms with E-state index in [0.29, 0.717) is 29.6 Å². The Labute approximate surface area is 153 Å². The molecule has 1 aromatic carbocycles. The highest BCUT2D eigenvalue weighted by Gasteiger charge is 2.50. The van der Waals surface area contributed by atoms with E-state index in [-0.39, 0.29) is 6.03 Å². The molecule has 1 N–H and O–H groups in total. The van der Waals surface area contributed by atoms with Crippen LogP contribution in [0.25, 0.3) is 11.5 Å². The number of benzene rings is 1. The van der Waals surface area contributed by atoms with Crippen LogP contribution in [-0.2, 0) is 0 Å². The molecule has 2 heterocycles. The van der Waals surface area contributed by atoms with Crippen LogP contribution in [0, 0.1) is 37.5 Å². The van der Waals surface area contributed by atoms with Crippen LogP contribution >= 0.6 is 0 Å². The lowest BCUT2D eigenvalue weighted by Gasteiger charge is -2.19. The number of aryl methyl sites for hydroxylation is 2. The molecule has 2 aromatic rings. The van der Waals surface area contributed by atoms with Gasteiger partial charge in [0.1, 0.15) is 6.26 Å². The number of anilines is 1. The van der Waals surface area contributed by atoms with Crippen molar-refractivity contribution in [2.75, 3.05) is 18.4 Å². The van der Waals surface area contributed by atoms with Crippen LogP contribution in [0.4, 0.5) is 10.5 Å². The number of hydrogen-bond acceptors (Lipinski definition) is 3. The normalized spacial score (nSPS) is 28.6. The lowest BCUT2D eigenvalue weighted by Crippen LogP contribution is -2.34. The van der Waals surface area contributed by atoms with Crippen LogP contribution in [0.5, 0.6) is 0 Å². The fourth-order valence-electron chi connectivity index (χ4n) is 4.93. The number of urea groups is 1. The highest BCUT2D eigenvalue weighted by Crippen LogP contribution is 2.51. The maximum Gasteiger partial charge on any atom is 0.321 e. The molecule has 0 radical (unpaired) electrons. The maximum absolute atomic E-state index is 12.8. The number of amides is 2. The third kappa shape index (κ3) is 2.45. The van der Waals surface area contributed by atoms with E-state index in [0.717, 1.165) is 35.6 Å². The van der Waals surface area contributed by atoms with Crippen molar-refractivity contribution in [1.82, 2.24) is 9.88 Å². The fourth-order valence-corrected chi connectivity index (χ4v) is 4.93. The molecule has 5 nitrogen and oxygen atoms in total. The van der Waals surface area contributed by atoms with Gasteiger partial charge < -0.3 is 14.6 Å². The number of rotatable bonds is 2. The minimum absolute atomic E-state index is 0.00260. The number of likely N-dealkylation sites (tertiary alicyclic amines) is 1. The van der Waals surface area contributed by atoms with Gasteiger partial charge in [-0.2, -0.15) is 0 Å². The minimum atomic E-state index is -0.00260. The van der Waals surface area contributed by atoms with Crippen molar-refractivity contribution >= 4 is 11.7 Å². The van der Waals surface area contributed by atoms with Gasteiger partial charge in [-0.3, -0.25) is 0 Å². The van der Waals surface area contributed by atoms with Gasteiger partial charge in [-0.25, -0.2) is 9.78 Å². The number of nitrogens with one attached hydrogen (secondary N) is 1. The molecule has 1 aromatic heterocycles. The average molecular weight is 349 g/mol. The summed E-state index contributed by atoms with van der Waals surface area (Å²) in [4.78, 5) is 19.2. The summed E-state index contributed by atoms with van der Waals surface area (Å²) in [5.74, 6) is 3.26. The van der Waals surface area contributed by atoms with Crippen molar-refractivity contribution in [3.63, 3.8) is 0 Å². The number of allylic oxidation sites excluding steroid dienone is 2. The molecule has 2 unspecified atom stereocenters. The number of hydrogen-bond donors (Lipinski definition) is 1. The molecule has 1 saturated heterocycles. The van der Waals surface area contributed by atoms with Gasteiger partial charge in [-0.1, -0.05) is 18.2 Å². The lowest BCUT2D eigenvalue weighted by atomic mass is 9.86. The van der Waals surface area contributed by atoms with Crippen molar-refractivity contribution in [3.05, 3.63) is 47.9 Å². The summed E-state index contributed by atoms with van der Waals surface area (Å²) >= 11 is 0. The first-order chi connectivity index (χ1) is 12.6. The Bertz CT molecular complexity index is 880. The molecule has 1 aliphatic heterocycles. The van der Waals surface area contributed by atoms with Crippen LogP contribution < -0.4 is 5.32 Å². The largest absolute Gasteiger partial charge is 0.444 e. The van der Waals surface area contributed by atoms with Crippen LogP contribution in [0.15, 0.2) is 41.0 Å². The third-order valence-corrected chi connectivity index (χ3v) is 6.29. The number of fused-ring (bicyclic) bond motifs is 5. The molecule has 4 atom stereocenters. The minimum Gasteiger partial charge on any atom is -0.444 e. The van der Waals surface area contributed by atoms with E-state index in [1.54, 1.807) is 6.26 Å². The smallest absolute Gasteiger partial charge is 0.321 e. The average Bonchev–Trinajstić information content (AvgIpc) is 3.38. The van der Waals surface area contributed by atoms with E-state index in [2.05, 4.69) is 22.5 Å². The van der Waals surface area contributed by atoms with Gasteiger partial charge in [-0.05, 0) is 61.6 Å². The summed E-state index contributed by atoms with van der Waals surface area (Å²) in [6, 6.07) is 5.88. The maximum atomic E-state index is 12.8. The lowest BCUT2D eigenvalue weighted by molar-refractivity contribution is 0.217. The van der Waals surface area contributed by atoms with Crippen LogP contribution in [0.2, 0.25) is 0 Å². The number of oxazole rings is 1. The second kappa shape index (κ2) is 5.73. The third-order valence-electron chi connectivity index (χ3n) is 6.29. The van der Waals surface area contributed by atoms with E-state index in [1.165, 1.54) is 6.42 Å². The molecule has 26 heavy (non-hydrogen) atoms. The number of carbonyl (C=O) groups excluding carboxylic acids is 1. The summed E-state index contributed by atoms with van der Waals surface area (Å²) in [7, 11) is 0. The molecule has 2 aliphatic carbocycles. The SMILES string of the molecule is Cc1coc(-c2cc(NC(=O)N3C[C@@H]4C5C=CC(C5)[C@@H]4C3)ccc2C)n1. The van der Waals surface area contributed by atoms with Crippen molar-refractivity contribution in [1.29, 1.82) is 0 Å². The second-order valence-corrected chi connectivity index (χ2v) is 7.93. The Morgan fingerprint density at radius 1 is 1.19 bits per heavy atom. The van der Waals surface area contributed by atoms with E-state index in [1.807, 2.05) is 36.9 Å². The molecule has 2 amide bonds. The van der Waals surface area contributed by atoms with Gasteiger partial charge in [0.25, 0.3) is 0 Å². The van der Waals surface area contributed by atoms with Gasteiger partial charge in [-0.15, -0.1) is 0 Å². The van der Waals surface area contributed by atoms with Gasteiger partial charge in [0.05, 0.1) is 5.69 Å². The van der Waals surface area contributed by atoms with Crippen LogP contribution in [0.3, 0.4) is 0 Å². The predicted molar refractivity (Wildman–Crippen MR) is 99.7 cm³/mol. The molecule has 5 heteroatoms. The van der Waals surface area contributed by atoms with Gasteiger partial charge in [0, 0.05) is 24.3 Å². The molecule has 2 fully saturated rings. The Hall–Kier alpha value is -2.56. The molecule has 3 aliphatic rings.